The second-order valence-electron chi connectivity index (χ2n) is 7.66. The van der Waals surface area contributed by atoms with Crippen molar-refractivity contribution in [1.29, 1.82) is 0 Å². The highest BCUT2D eigenvalue weighted by molar-refractivity contribution is 6.00. The first kappa shape index (κ1) is 20.1. The van der Waals surface area contributed by atoms with Crippen molar-refractivity contribution < 1.29 is 14.4 Å². The summed E-state index contributed by atoms with van der Waals surface area (Å²) < 4.78 is 0. The van der Waals surface area contributed by atoms with E-state index in [2.05, 4.69) is 32.2 Å². The Kier molecular flexibility index (Phi) is 6.55. The predicted octanol–water partition coefficient (Wildman–Crippen LogP) is 3.49. The number of ketones is 1. The lowest BCUT2D eigenvalue weighted by atomic mass is 9.71. The van der Waals surface area contributed by atoms with E-state index in [1.54, 1.807) is 5.94 Å². The Balaban J connectivity index is 2.11. The maximum atomic E-state index is 12.6. The van der Waals surface area contributed by atoms with Gasteiger partial charge in [-0.15, -0.1) is 0 Å². The summed E-state index contributed by atoms with van der Waals surface area (Å²) in [6.45, 7) is 8.54. The van der Waals surface area contributed by atoms with Crippen molar-refractivity contribution in [3.63, 3.8) is 0 Å². The Morgan fingerprint density at radius 3 is 2.35 bits per heavy atom. The van der Waals surface area contributed by atoms with Crippen LogP contribution in [0, 0.1) is 33.1 Å². The average molecular weight is 355 g/mol. The zero-order valence-electron chi connectivity index (χ0n) is 16.3. The Hall–Kier alpha value is -2.19. The number of allylic oxidation sites excluding steroid dienone is 1. The molecule has 0 aliphatic heterocycles. The lowest BCUT2D eigenvalue weighted by molar-refractivity contribution is -0.127. The van der Waals surface area contributed by atoms with Crippen LogP contribution in [0.4, 0.5) is 0 Å². The van der Waals surface area contributed by atoms with E-state index in [-0.39, 0.29) is 11.7 Å². The van der Waals surface area contributed by atoms with Crippen molar-refractivity contribution in [1.82, 2.24) is 5.32 Å². The van der Waals surface area contributed by atoms with Crippen LogP contribution in [0.2, 0.25) is 0 Å². The Bertz CT molecular complexity index is 751. The molecule has 2 rings (SSSR count). The van der Waals surface area contributed by atoms with Crippen molar-refractivity contribution in [2.45, 2.75) is 66.2 Å². The van der Waals surface area contributed by atoms with Crippen LogP contribution in [0.1, 0.15) is 59.9 Å². The third-order valence-electron chi connectivity index (χ3n) is 6.00. The molecule has 0 bridgehead atoms. The molecule has 0 heterocycles. The standard InChI is InChI=1S/C22H29NO3/c1-15-12-16(2)19(18(4)17(15)3)13-21(26)23-14-22(20(25)8-11-24)9-6-5-7-10-22/h8,12H,5-7,9-10,13-14H2,1-4H3,(H,23,26). The molecule has 4 nitrogen and oxygen atoms in total. The van der Waals surface area contributed by atoms with Gasteiger partial charge < -0.3 is 5.32 Å². The second-order valence-corrected chi connectivity index (χ2v) is 7.66. The fraction of sp³-hybridized carbons (Fsp3) is 0.545. The van der Waals surface area contributed by atoms with Crippen LogP contribution in [0.15, 0.2) is 12.1 Å². The molecule has 140 valence electrons. The van der Waals surface area contributed by atoms with E-state index >= 15 is 0 Å². The Morgan fingerprint density at radius 1 is 1.08 bits per heavy atom. The van der Waals surface area contributed by atoms with E-state index in [0.717, 1.165) is 42.0 Å². The van der Waals surface area contributed by atoms with Gasteiger partial charge in [0, 0.05) is 6.54 Å². The Labute approximate surface area is 156 Å². The average Bonchev–Trinajstić information content (AvgIpc) is 2.63. The van der Waals surface area contributed by atoms with Gasteiger partial charge in [-0.1, -0.05) is 25.3 Å². The molecule has 1 aromatic carbocycles. The van der Waals surface area contributed by atoms with Gasteiger partial charge in [-0.2, -0.15) is 0 Å². The van der Waals surface area contributed by atoms with Crippen molar-refractivity contribution in [3.05, 3.63) is 40.0 Å². The minimum absolute atomic E-state index is 0.0766. The van der Waals surface area contributed by atoms with E-state index in [9.17, 15) is 14.4 Å². The quantitative estimate of drug-likeness (QED) is 0.628. The van der Waals surface area contributed by atoms with Crippen LogP contribution in [-0.4, -0.2) is 24.2 Å². The molecule has 26 heavy (non-hydrogen) atoms. The summed E-state index contributed by atoms with van der Waals surface area (Å²) >= 11 is 0. The van der Waals surface area contributed by atoms with Gasteiger partial charge >= 0.3 is 0 Å². The second kappa shape index (κ2) is 8.46. The van der Waals surface area contributed by atoms with Gasteiger partial charge in [0.2, 0.25) is 5.91 Å². The first-order valence-electron chi connectivity index (χ1n) is 9.39. The number of hydrogen-bond donors (Lipinski definition) is 1. The molecule has 1 fully saturated rings. The van der Waals surface area contributed by atoms with Crippen molar-refractivity contribution >= 4 is 17.6 Å². The lowest BCUT2D eigenvalue weighted by Gasteiger charge is -2.34. The highest BCUT2D eigenvalue weighted by atomic mass is 16.2. The SMILES string of the molecule is Cc1cc(C)c(CC(=O)NCC2(C(=O)C=C=O)CCCCC2)c(C)c1C. The van der Waals surface area contributed by atoms with E-state index < -0.39 is 5.41 Å². The number of nitrogens with one attached hydrogen (secondary N) is 1. The summed E-state index contributed by atoms with van der Waals surface area (Å²) in [4.78, 5) is 35.6. The molecular formula is C22H29NO3. The molecule has 0 spiro atoms. The molecule has 0 aromatic heterocycles. The molecule has 1 aliphatic carbocycles. The maximum Gasteiger partial charge on any atom is 0.224 e. The molecule has 1 saturated carbocycles. The summed E-state index contributed by atoms with van der Waals surface area (Å²) in [6, 6.07) is 2.12. The van der Waals surface area contributed by atoms with E-state index in [4.69, 9.17) is 0 Å². The molecule has 0 unspecified atom stereocenters. The summed E-state index contributed by atoms with van der Waals surface area (Å²) in [5, 5.41) is 2.96. The van der Waals surface area contributed by atoms with Crippen LogP contribution < -0.4 is 5.32 Å². The number of carbonyl (C=O) groups excluding carboxylic acids is 3. The van der Waals surface area contributed by atoms with Crippen LogP contribution in [0.5, 0.6) is 0 Å². The molecule has 1 aromatic rings. The first-order chi connectivity index (χ1) is 12.3. The topological polar surface area (TPSA) is 63.2 Å². The number of rotatable bonds is 6. The number of amides is 1. The minimum Gasteiger partial charge on any atom is -0.355 e. The largest absolute Gasteiger partial charge is 0.355 e. The highest BCUT2D eigenvalue weighted by Gasteiger charge is 2.38. The van der Waals surface area contributed by atoms with Crippen molar-refractivity contribution in [2.75, 3.05) is 6.54 Å². The van der Waals surface area contributed by atoms with Gasteiger partial charge in [0.05, 0.1) is 17.9 Å². The minimum atomic E-state index is -0.640. The molecule has 0 radical (unpaired) electrons. The van der Waals surface area contributed by atoms with Gasteiger partial charge in [0.25, 0.3) is 0 Å². The maximum absolute atomic E-state index is 12.6. The fourth-order valence-corrected chi connectivity index (χ4v) is 4.05. The monoisotopic (exact) mass is 355 g/mol. The zero-order chi connectivity index (χ0) is 19.3. The van der Waals surface area contributed by atoms with Crippen LogP contribution in [0.25, 0.3) is 0 Å². The summed E-state index contributed by atoms with van der Waals surface area (Å²) in [6.07, 6.45) is 5.72. The van der Waals surface area contributed by atoms with Crippen LogP contribution in [-0.2, 0) is 20.8 Å². The normalized spacial score (nSPS) is 15.8. The number of carbonyl (C=O) groups is 2. The van der Waals surface area contributed by atoms with E-state index in [1.165, 1.54) is 11.1 Å². The van der Waals surface area contributed by atoms with E-state index in [0.29, 0.717) is 25.8 Å². The number of aryl methyl sites for hydroxylation is 2. The molecule has 1 aliphatic rings. The smallest absolute Gasteiger partial charge is 0.224 e. The summed E-state index contributed by atoms with van der Waals surface area (Å²) in [7, 11) is 0. The van der Waals surface area contributed by atoms with Gasteiger partial charge in [0.1, 0.15) is 5.94 Å². The molecule has 1 N–H and O–H groups in total. The van der Waals surface area contributed by atoms with Gasteiger partial charge in [-0.05, 0) is 68.4 Å². The molecule has 0 atom stereocenters. The van der Waals surface area contributed by atoms with Gasteiger partial charge in [-0.25, -0.2) is 4.79 Å². The van der Waals surface area contributed by atoms with Crippen molar-refractivity contribution in [3.8, 4) is 0 Å². The van der Waals surface area contributed by atoms with Gasteiger partial charge in [-0.3, -0.25) is 9.59 Å². The summed E-state index contributed by atoms with van der Waals surface area (Å²) in [5.41, 5.74) is 5.14. The van der Waals surface area contributed by atoms with Crippen molar-refractivity contribution in [2.24, 2.45) is 5.41 Å². The molecule has 1 amide bonds. The third kappa shape index (κ3) is 4.31. The number of hydrogen-bond acceptors (Lipinski definition) is 3. The third-order valence-corrected chi connectivity index (χ3v) is 6.00. The van der Waals surface area contributed by atoms with Crippen LogP contribution in [0.3, 0.4) is 0 Å². The van der Waals surface area contributed by atoms with E-state index in [1.807, 2.05) is 6.92 Å². The lowest BCUT2D eigenvalue weighted by Crippen LogP contribution is -2.44. The molecule has 4 heteroatoms. The predicted molar refractivity (Wildman–Crippen MR) is 103 cm³/mol. The fourth-order valence-electron chi connectivity index (χ4n) is 4.05. The first-order valence-corrected chi connectivity index (χ1v) is 9.39. The summed E-state index contributed by atoms with van der Waals surface area (Å²) in [5.74, 6) is 1.33. The van der Waals surface area contributed by atoms with Gasteiger partial charge in [0.15, 0.2) is 5.78 Å². The van der Waals surface area contributed by atoms with Crippen LogP contribution >= 0.6 is 0 Å². The highest BCUT2D eigenvalue weighted by Crippen LogP contribution is 2.37. The zero-order valence-corrected chi connectivity index (χ0v) is 16.3. The molecule has 0 saturated heterocycles. The Morgan fingerprint density at radius 2 is 1.73 bits per heavy atom. The number of benzene rings is 1. The molecular weight excluding hydrogens is 326 g/mol.